The van der Waals surface area contributed by atoms with Gasteiger partial charge in [0.15, 0.2) is 0 Å². The molecule has 0 heterocycles. The Morgan fingerprint density at radius 3 is 1.96 bits per heavy atom. The quantitative estimate of drug-likeness (QED) is 0.152. The number of sulfonamides is 1. The van der Waals surface area contributed by atoms with Gasteiger partial charge in [-0.15, -0.1) is 0 Å². The fourth-order valence-electron chi connectivity index (χ4n) is 4.74. The normalized spacial score (nSPS) is 12.1. The van der Waals surface area contributed by atoms with Gasteiger partial charge in [-0.1, -0.05) is 115 Å². The maximum absolute atomic E-state index is 14.5. The highest BCUT2D eigenvalue weighted by atomic mass is 35.5. The molecule has 4 aromatic rings. The number of hydrogen-bond donors (Lipinski definition) is 1. The number of rotatable bonds is 13. The third-order valence-corrected chi connectivity index (χ3v) is 10.0. The molecule has 7 nitrogen and oxygen atoms in total. The fourth-order valence-corrected chi connectivity index (χ4v) is 7.00. The maximum atomic E-state index is 14.5. The zero-order valence-corrected chi connectivity index (χ0v) is 29.0. The molecule has 0 aliphatic rings. The van der Waals surface area contributed by atoms with E-state index < -0.39 is 28.5 Å². The highest BCUT2D eigenvalue weighted by Crippen LogP contribution is 2.31. The van der Waals surface area contributed by atoms with E-state index in [1.807, 2.05) is 44.2 Å². The lowest BCUT2D eigenvalue weighted by Gasteiger charge is -2.34. The summed E-state index contributed by atoms with van der Waals surface area (Å²) in [4.78, 5) is 29.7. The van der Waals surface area contributed by atoms with E-state index in [0.717, 1.165) is 9.87 Å². The van der Waals surface area contributed by atoms with Gasteiger partial charge in [0.1, 0.15) is 12.6 Å². The molecule has 4 rings (SSSR count). The van der Waals surface area contributed by atoms with E-state index in [1.165, 1.54) is 35.2 Å². The van der Waals surface area contributed by atoms with E-state index >= 15 is 0 Å². The van der Waals surface area contributed by atoms with Crippen LogP contribution in [0.15, 0.2) is 102 Å². The molecular weight excluding hydrogens is 688 g/mol. The summed E-state index contributed by atoms with van der Waals surface area (Å²) in [5.41, 5.74) is 1.50. The molecule has 12 heteroatoms. The van der Waals surface area contributed by atoms with Crippen LogP contribution in [-0.4, -0.2) is 44.3 Å². The van der Waals surface area contributed by atoms with Crippen molar-refractivity contribution in [1.82, 2.24) is 10.2 Å². The first kappa shape index (κ1) is 35.6. The van der Waals surface area contributed by atoms with E-state index in [0.29, 0.717) is 17.1 Å². The first-order valence-corrected chi connectivity index (χ1v) is 17.4. The number of carbonyl (C=O) groups is 2. The molecule has 242 valence electrons. The van der Waals surface area contributed by atoms with Gasteiger partial charge in [-0.3, -0.25) is 13.9 Å². The summed E-state index contributed by atoms with van der Waals surface area (Å²) in [5.74, 6) is -0.865. The number of halogens is 4. The summed E-state index contributed by atoms with van der Waals surface area (Å²) >= 11 is 25.1. The van der Waals surface area contributed by atoms with Crippen LogP contribution in [0.2, 0.25) is 20.1 Å². The average molecular weight is 722 g/mol. The van der Waals surface area contributed by atoms with Crippen molar-refractivity contribution in [3.63, 3.8) is 0 Å². The molecule has 1 atom stereocenters. The average Bonchev–Trinajstić information content (AvgIpc) is 3.02. The lowest BCUT2D eigenvalue weighted by atomic mass is 10.0. The number of carbonyl (C=O) groups excluding carboxylic acids is 2. The molecule has 0 saturated heterocycles. The van der Waals surface area contributed by atoms with E-state index in [-0.39, 0.29) is 50.4 Å². The van der Waals surface area contributed by atoms with Gasteiger partial charge in [0.2, 0.25) is 11.8 Å². The van der Waals surface area contributed by atoms with Crippen LogP contribution in [0.1, 0.15) is 25.0 Å². The number of anilines is 1. The maximum Gasteiger partial charge on any atom is 0.264 e. The van der Waals surface area contributed by atoms with Crippen molar-refractivity contribution in [3.8, 4) is 0 Å². The minimum Gasteiger partial charge on any atom is -0.354 e. The van der Waals surface area contributed by atoms with Crippen LogP contribution >= 0.6 is 46.4 Å². The molecule has 0 radical (unpaired) electrons. The Balaban J connectivity index is 1.83. The monoisotopic (exact) mass is 719 g/mol. The van der Waals surface area contributed by atoms with Crippen LogP contribution in [0.25, 0.3) is 0 Å². The van der Waals surface area contributed by atoms with Crippen molar-refractivity contribution >= 4 is 73.9 Å². The molecule has 0 spiro atoms. The van der Waals surface area contributed by atoms with Gasteiger partial charge in [-0.2, -0.15) is 0 Å². The Hall–Kier alpha value is -3.27. The standard InChI is InChI=1S/C34H33Cl4N3O4S/c1-23(2)20-39-34(43)32(16-24-9-5-3-6-10-24)40(21-25-13-14-30(37)31(38)15-25)33(42)22-41(28-18-26(35)17-27(36)19-28)46(44,45)29-11-7-4-8-12-29/h3-15,17-19,23,32H,16,20-22H2,1-2H3,(H,39,43)/t32-/m0/s1. The van der Waals surface area contributed by atoms with Crippen LogP contribution in [0, 0.1) is 5.92 Å². The Morgan fingerprint density at radius 2 is 1.37 bits per heavy atom. The van der Waals surface area contributed by atoms with E-state index in [4.69, 9.17) is 46.4 Å². The Bertz CT molecular complexity index is 1750. The Kier molecular flexibility index (Phi) is 12.4. The largest absolute Gasteiger partial charge is 0.354 e. The lowest BCUT2D eigenvalue weighted by Crippen LogP contribution is -2.53. The molecule has 46 heavy (non-hydrogen) atoms. The van der Waals surface area contributed by atoms with Gasteiger partial charge < -0.3 is 10.2 Å². The second kappa shape index (κ2) is 16.0. The predicted molar refractivity (Wildman–Crippen MR) is 186 cm³/mol. The SMILES string of the molecule is CC(C)CNC(=O)[C@H](Cc1ccccc1)N(Cc1ccc(Cl)c(Cl)c1)C(=O)CN(c1cc(Cl)cc(Cl)c1)S(=O)(=O)c1ccccc1. The number of hydrogen-bond acceptors (Lipinski definition) is 4. The van der Waals surface area contributed by atoms with Crippen molar-refractivity contribution in [1.29, 1.82) is 0 Å². The summed E-state index contributed by atoms with van der Waals surface area (Å²) < 4.78 is 29.1. The molecule has 0 fully saturated rings. The van der Waals surface area contributed by atoms with Crippen molar-refractivity contribution < 1.29 is 18.0 Å². The van der Waals surface area contributed by atoms with Crippen LogP contribution in [-0.2, 0) is 32.6 Å². The third-order valence-electron chi connectivity index (χ3n) is 7.04. The van der Waals surface area contributed by atoms with Gasteiger partial charge >= 0.3 is 0 Å². The summed E-state index contributed by atoms with van der Waals surface area (Å²) in [5, 5.41) is 3.93. The van der Waals surface area contributed by atoms with Crippen molar-refractivity contribution in [2.24, 2.45) is 5.92 Å². The topological polar surface area (TPSA) is 86.8 Å². The molecular formula is C34H33Cl4N3O4S. The predicted octanol–water partition coefficient (Wildman–Crippen LogP) is 7.91. The molecule has 0 aliphatic heterocycles. The van der Waals surface area contributed by atoms with Crippen molar-refractivity contribution in [3.05, 3.63) is 128 Å². The number of benzene rings is 4. The Morgan fingerprint density at radius 1 is 0.761 bits per heavy atom. The van der Waals surface area contributed by atoms with Gasteiger partial charge in [-0.25, -0.2) is 8.42 Å². The molecule has 0 aliphatic carbocycles. The molecule has 1 N–H and O–H groups in total. The molecule has 0 aromatic heterocycles. The van der Waals surface area contributed by atoms with Gasteiger partial charge in [0, 0.05) is 29.6 Å². The minimum atomic E-state index is -4.30. The minimum absolute atomic E-state index is 0.0366. The second-order valence-corrected chi connectivity index (χ2v) is 14.6. The van der Waals surface area contributed by atoms with Crippen LogP contribution in [0.3, 0.4) is 0 Å². The summed E-state index contributed by atoms with van der Waals surface area (Å²) in [6.45, 7) is 3.60. The highest BCUT2D eigenvalue weighted by molar-refractivity contribution is 7.92. The van der Waals surface area contributed by atoms with Gasteiger partial charge in [0.25, 0.3) is 10.0 Å². The molecule has 2 amide bonds. The number of nitrogens with zero attached hydrogens (tertiary/aromatic N) is 2. The fraction of sp³-hybridized carbons (Fsp3) is 0.235. The van der Waals surface area contributed by atoms with Crippen molar-refractivity contribution in [2.45, 2.75) is 37.8 Å². The van der Waals surface area contributed by atoms with Crippen LogP contribution in [0.5, 0.6) is 0 Å². The third kappa shape index (κ3) is 9.39. The molecule has 4 aromatic carbocycles. The van der Waals surface area contributed by atoms with E-state index in [2.05, 4.69) is 5.32 Å². The molecule has 0 bridgehead atoms. The number of amides is 2. The second-order valence-electron chi connectivity index (χ2n) is 11.1. The highest BCUT2D eigenvalue weighted by Gasteiger charge is 2.35. The summed E-state index contributed by atoms with van der Waals surface area (Å²) in [6, 6.07) is 25.2. The first-order chi connectivity index (χ1) is 21.8. The first-order valence-electron chi connectivity index (χ1n) is 14.4. The lowest BCUT2D eigenvalue weighted by molar-refractivity contribution is -0.140. The summed E-state index contributed by atoms with van der Waals surface area (Å²) in [7, 11) is -4.30. The van der Waals surface area contributed by atoms with E-state index in [9.17, 15) is 18.0 Å². The Labute approximate surface area is 290 Å². The van der Waals surface area contributed by atoms with Crippen LogP contribution in [0.4, 0.5) is 5.69 Å². The van der Waals surface area contributed by atoms with Gasteiger partial charge in [-0.05, 0) is 59.5 Å². The molecule has 0 saturated carbocycles. The molecule has 0 unspecified atom stereocenters. The smallest absolute Gasteiger partial charge is 0.264 e. The zero-order chi connectivity index (χ0) is 33.4. The number of nitrogens with one attached hydrogen (secondary N) is 1. The zero-order valence-electron chi connectivity index (χ0n) is 25.2. The van der Waals surface area contributed by atoms with Gasteiger partial charge in [0.05, 0.1) is 20.6 Å². The van der Waals surface area contributed by atoms with E-state index in [1.54, 1.807) is 36.4 Å². The van der Waals surface area contributed by atoms with Crippen molar-refractivity contribution in [2.75, 3.05) is 17.4 Å². The van der Waals surface area contributed by atoms with Crippen LogP contribution < -0.4 is 9.62 Å². The summed E-state index contributed by atoms with van der Waals surface area (Å²) in [6.07, 6.45) is 0.173.